The average molecular weight is 402 g/mol. The summed E-state index contributed by atoms with van der Waals surface area (Å²) in [5, 5.41) is 2.84. The summed E-state index contributed by atoms with van der Waals surface area (Å²) in [6, 6.07) is 2.52. The number of amides is 1. The highest BCUT2D eigenvalue weighted by molar-refractivity contribution is 6.39. The van der Waals surface area contributed by atoms with E-state index >= 15 is 0 Å². The van der Waals surface area contributed by atoms with Gasteiger partial charge in [0.05, 0.1) is 21.3 Å². The zero-order chi connectivity index (χ0) is 18.8. The van der Waals surface area contributed by atoms with Crippen LogP contribution in [0.1, 0.15) is 23.2 Å². The molecule has 0 aliphatic carbocycles. The van der Waals surface area contributed by atoms with Crippen molar-refractivity contribution in [3.63, 3.8) is 0 Å². The molecule has 3 rings (SSSR count). The topological polar surface area (TPSA) is 77.2 Å². The molecule has 3 aromatic rings. The molecule has 2 aromatic heterocycles. The van der Waals surface area contributed by atoms with Crippen LogP contribution in [0.2, 0.25) is 10.0 Å². The maximum atomic E-state index is 12.6. The van der Waals surface area contributed by atoms with E-state index in [1.165, 1.54) is 24.5 Å². The van der Waals surface area contributed by atoms with E-state index in [9.17, 15) is 13.6 Å². The molecule has 10 heteroatoms. The molecular weight excluding hydrogens is 391 g/mol. The molecule has 0 saturated heterocycles. The van der Waals surface area contributed by atoms with Gasteiger partial charge in [-0.2, -0.15) is 8.78 Å². The molecule has 0 saturated carbocycles. The lowest BCUT2D eigenvalue weighted by molar-refractivity contribution is -0.0489. The van der Waals surface area contributed by atoms with Crippen LogP contribution in [0.25, 0.3) is 11.1 Å². The van der Waals surface area contributed by atoms with E-state index in [1.807, 2.05) is 0 Å². The molecule has 0 bridgehead atoms. The number of carbonyl (C=O) groups excluding carboxylic acids is 1. The van der Waals surface area contributed by atoms with Gasteiger partial charge >= 0.3 is 6.61 Å². The maximum Gasteiger partial charge on any atom is 0.387 e. The summed E-state index contributed by atoms with van der Waals surface area (Å²) in [5.74, 6) is -0.512. The zero-order valence-electron chi connectivity index (χ0n) is 13.2. The first kappa shape index (κ1) is 18.3. The number of ether oxygens (including phenoxy) is 1. The molecule has 6 nitrogen and oxygen atoms in total. The second-order valence-corrected chi connectivity index (χ2v) is 5.88. The van der Waals surface area contributed by atoms with Crippen LogP contribution in [0.15, 0.2) is 28.9 Å². The molecule has 0 atom stereocenters. The molecule has 0 aliphatic heterocycles. The number of nitrogens with one attached hydrogen (secondary N) is 1. The van der Waals surface area contributed by atoms with E-state index in [0.717, 1.165) is 0 Å². The van der Waals surface area contributed by atoms with Crippen molar-refractivity contribution in [3.05, 3.63) is 46.0 Å². The van der Waals surface area contributed by atoms with Gasteiger partial charge in [-0.15, -0.1) is 0 Å². The number of hydrogen-bond donors (Lipinski definition) is 1. The molecule has 2 heterocycles. The lowest BCUT2D eigenvalue weighted by Gasteiger charge is -2.10. The third-order valence-electron chi connectivity index (χ3n) is 3.41. The number of benzene rings is 1. The van der Waals surface area contributed by atoms with E-state index in [-0.39, 0.29) is 44.0 Å². The van der Waals surface area contributed by atoms with E-state index in [1.54, 1.807) is 6.92 Å². The van der Waals surface area contributed by atoms with Crippen molar-refractivity contribution in [2.75, 3.05) is 5.32 Å². The van der Waals surface area contributed by atoms with Crippen molar-refractivity contribution >= 4 is 45.9 Å². The summed E-state index contributed by atoms with van der Waals surface area (Å²) in [7, 11) is 0. The van der Waals surface area contributed by atoms with Gasteiger partial charge in [-0.1, -0.05) is 30.1 Å². The van der Waals surface area contributed by atoms with Crippen molar-refractivity contribution in [3.8, 4) is 5.75 Å². The summed E-state index contributed by atoms with van der Waals surface area (Å²) in [6.45, 7) is -1.26. The summed E-state index contributed by atoms with van der Waals surface area (Å²) in [4.78, 5) is 20.5. The van der Waals surface area contributed by atoms with Gasteiger partial charge < -0.3 is 14.5 Å². The van der Waals surface area contributed by atoms with Crippen LogP contribution in [0.4, 0.5) is 14.5 Å². The molecule has 26 heavy (non-hydrogen) atoms. The number of alkyl halides is 2. The normalized spacial score (nSPS) is 11.2. The third kappa shape index (κ3) is 3.56. The van der Waals surface area contributed by atoms with Crippen LogP contribution in [-0.4, -0.2) is 22.5 Å². The van der Waals surface area contributed by atoms with Crippen molar-refractivity contribution in [2.24, 2.45) is 0 Å². The molecule has 0 spiro atoms. The Morgan fingerprint density at radius 2 is 2.00 bits per heavy atom. The number of fused-ring (bicyclic) bond motifs is 1. The minimum Gasteiger partial charge on any atom is -0.440 e. The standard InChI is InChI=1S/C16H11Cl2F2N3O3/c1-2-11-22-13-10(25-16(19)20)4-3-7(14(13)26-11)15(24)23-12-8(17)5-21-6-9(12)18/h3-6,16H,2H2,1H3,(H,21,23,24). The van der Waals surface area contributed by atoms with Crippen LogP contribution in [0.5, 0.6) is 5.75 Å². The molecule has 136 valence electrons. The lowest BCUT2D eigenvalue weighted by Crippen LogP contribution is -2.13. The van der Waals surface area contributed by atoms with Gasteiger partial charge in [0, 0.05) is 18.8 Å². The van der Waals surface area contributed by atoms with Gasteiger partial charge in [0.25, 0.3) is 5.91 Å². The minimum atomic E-state index is -3.03. The fourth-order valence-electron chi connectivity index (χ4n) is 2.26. The van der Waals surface area contributed by atoms with Crippen molar-refractivity contribution in [1.29, 1.82) is 0 Å². The number of carbonyl (C=O) groups is 1. The molecule has 0 radical (unpaired) electrons. The molecule has 1 amide bonds. The second-order valence-electron chi connectivity index (χ2n) is 5.06. The Kier molecular flexibility index (Phi) is 5.24. The predicted octanol–water partition coefficient (Wildman–Crippen LogP) is 4.95. The largest absolute Gasteiger partial charge is 0.440 e. The van der Waals surface area contributed by atoms with Crippen LogP contribution in [0.3, 0.4) is 0 Å². The van der Waals surface area contributed by atoms with Crippen LogP contribution >= 0.6 is 23.2 Å². The number of anilines is 1. The first-order valence-corrected chi connectivity index (χ1v) is 8.13. The summed E-state index contributed by atoms with van der Waals surface area (Å²) in [5.41, 5.74) is 0.294. The Morgan fingerprint density at radius 3 is 2.62 bits per heavy atom. The quantitative estimate of drug-likeness (QED) is 0.654. The number of rotatable bonds is 5. The fraction of sp³-hybridized carbons (Fsp3) is 0.188. The van der Waals surface area contributed by atoms with Crippen LogP contribution < -0.4 is 10.1 Å². The van der Waals surface area contributed by atoms with Crippen molar-refractivity contribution in [2.45, 2.75) is 20.0 Å². The smallest absolute Gasteiger partial charge is 0.387 e. The van der Waals surface area contributed by atoms with Crippen LogP contribution in [-0.2, 0) is 6.42 Å². The Hall–Kier alpha value is -2.45. The van der Waals surface area contributed by atoms with Crippen LogP contribution in [0, 0.1) is 0 Å². The van der Waals surface area contributed by atoms with Crippen molar-refractivity contribution < 1.29 is 22.7 Å². The monoisotopic (exact) mass is 401 g/mol. The third-order valence-corrected chi connectivity index (χ3v) is 3.98. The molecular formula is C16H11Cl2F2N3O3. The highest BCUT2D eigenvalue weighted by atomic mass is 35.5. The Labute approximate surface area is 156 Å². The molecule has 0 aliphatic rings. The van der Waals surface area contributed by atoms with Gasteiger partial charge in [0.15, 0.2) is 22.7 Å². The van der Waals surface area contributed by atoms with E-state index < -0.39 is 12.5 Å². The Balaban J connectivity index is 2.04. The highest BCUT2D eigenvalue weighted by Gasteiger charge is 2.22. The van der Waals surface area contributed by atoms with Gasteiger partial charge in [-0.3, -0.25) is 9.78 Å². The van der Waals surface area contributed by atoms with Gasteiger partial charge in [-0.25, -0.2) is 4.98 Å². The van der Waals surface area contributed by atoms with Gasteiger partial charge in [-0.05, 0) is 12.1 Å². The highest BCUT2D eigenvalue weighted by Crippen LogP contribution is 2.33. The molecule has 1 aromatic carbocycles. The number of halogens is 4. The molecule has 0 fully saturated rings. The van der Waals surface area contributed by atoms with E-state index in [0.29, 0.717) is 6.42 Å². The fourth-order valence-corrected chi connectivity index (χ4v) is 2.72. The molecule has 1 N–H and O–H groups in total. The SMILES string of the molecule is CCc1nc2c(OC(F)F)ccc(C(=O)Nc3c(Cl)cncc3Cl)c2o1. The van der Waals surface area contributed by atoms with E-state index in [2.05, 4.69) is 20.0 Å². The first-order chi connectivity index (χ1) is 12.4. The minimum absolute atomic E-state index is 0.0267. The van der Waals surface area contributed by atoms with E-state index in [4.69, 9.17) is 27.6 Å². The summed E-state index contributed by atoms with van der Waals surface area (Å²) < 4.78 is 35.1. The maximum absolute atomic E-state index is 12.6. The number of oxazole rings is 1. The number of hydrogen-bond acceptors (Lipinski definition) is 5. The Morgan fingerprint density at radius 1 is 1.31 bits per heavy atom. The Bertz CT molecular complexity index is 959. The first-order valence-electron chi connectivity index (χ1n) is 7.38. The summed E-state index contributed by atoms with van der Waals surface area (Å²) >= 11 is 12.0. The predicted molar refractivity (Wildman–Crippen MR) is 92.2 cm³/mol. The lowest BCUT2D eigenvalue weighted by atomic mass is 10.1. The molecule has 0 unspecified atom stereocenters. The number of nitrogens with zero attached hydrogens (tertiary/aromatic N) is 2. The number of aromatic nitrogens is 2. The number of aryl methyl sites for hydroxylation is 1. The van der Waals surface area contributed by atoms with Gasteiger partial charge in [0.2, 0.25) is 0 Å². The second kappa shape index (κ2) is 7.43. The summed E-state index contributed by atoms with van der Waals surface area (Å²) in [6.07, 6.45) is 3.05. The zero-order valence-corrected chi connectivity index (χ0v) is 14.7. The average Bonchev–Trinajstić information content (AvgIpc) is 3.02. The van der Waals surface area contributed by atoms with Crippen molar-refractivity contribution in [1.82, 2.24) is 9.97 Å². The van der Waals surface area contributed by atoms with Gasteiger partial charge in [0.1, 0.15) is 0 Å². The number of pyridine rings is 1.